The quantitative estimate of drug-likeness (QED) is 0.744. The van der Waals surface area contributed by atoms with Gasteiger partial charge in [0.25, 0.3) is 5.91 Å². The van der Waals surface area contributed by atoms with Gasteiger partial charge in [-0.05, 0) is 50.1 Å². The summed E-state index contributed by atoms with van der Waals surface area (Å²) in [7, 11) is 1.53. The Balaban J connectivity index is 2.14. The number of hydrogen-bond donors (Lipinski definition) is 2. The average molecular weight is 371 g/mol. The van der Waals surface area contributed by atoms with Crippen molar-refractivity contribution in [1.82, 2.24) is 5.32 Å². The number of methoxy groups -OCH3 is 1. The number of ether oxygens (including phenoxy) is 2. The molecule has 1 unspecified atom stereocenters. The van der Waals surface area contributed by atoms with E-state index in [-0.39, 0.29) is 13.0 Å². The van der Waals surface area contributed by atoms with Gasteiger partial charge < -0.3 is 19.9 Å². The van der Waals surface area contributed by atoms with E-state index in [9.17, 15) is 14.7 Å². The molecule has 0 saturated heterocycles. The van der Waals surface area contributed by atoms with Gasteiger partial charge in [-0.3, -0.25) is 9.59 Å². The summed E-state index contributed by atoms with van der Waals surface area (Å²) in [6.07, 6.45) is -0.268. The highest BCUT2D eigenvalue weighted by atomic mass is 16.5. The van der Waals surface area contributed by atoms with E-state index >= 15 is 0 Å². The van der Waals surface area contributed by atoms with Crippen LogP contribution in [-0.2, 0) is 15.1 Å². The third-order valence-electron chi connectivity index (χ3n) is 4.32. The Morgan fingerprint density at radius 2 is 1.89 bits per heavy atom. The molecule has 27 heavy (non-hydrogen) atoms. The molecule has 0 fully saturated rings. The molecule has 6 nitrogen and oxygen atoms in total. The van der Waals surface area contributed by atoms with Crippen molar-refractivity contribution in [3.05, 3.63) is 59.2 Å². The summed E-state index contributed by atoms with van der Waals surface area (Å²) in [5.74, 6) is -0.209. The van der Waals surface area contributed by atoms with E-state index in [0.717, 1.165) is 11.1 Å². The number of rotatable bonds is 8. The number of aliphatic carboxylic acids is 1. The Labute approximate surface area is 159 Å². The average Bonchev–Trinajstić information content (AvgIpc) is 2.60. The molecule has 0 radical (unpaired) electrons. The fraction of sp³-hybridized carbons (Fsp3) is 0.333. The van der Waals surface area contributed by atoms with Crippen molar-refractivity contribution in [2.75, 3.05) is 13.7 Å². The number of carboxylic acids is 1. The van der Waals surface area contributed by atoms with Crippen LogP contribution in [0.5, 0.6) is 11.5 Å². The third-order valence-corrected chi connectivity index (χ3v) is 4.32. The molecule has 0 heterocycles. The maximum Gasteiger partial charge on any atom is 0.306 e. The van der Waals surface area contributed by atoms with Gasteiger partial charge in [-0.25, -0.2) is 0 Å². The second kappa shape index (κ2) is 8.58. The van der Waals surface area contributed by atoms with Crippen molar-refractivity contribution in [1.29, 1.82) is 0 Å². The lowest BCUT2D eigenvalue weighted by atomic mass is 9.88. The molecule has 2 rings (SSSR count). The SMILES string of the molecule is COc1cccc(C(C)(CC(=O)O)NC(=O)COc2ccc(C)cc2C)c1. The zero-order chi connectivity index (χ0) is 20.0. The zero-order valence-corrected chi connectivity index (χ0v) is 16.0. The lowest BCUT2D eigenvalue weighted by Crippen LogP contribution is -2.46. The van der Waals surface area contributed by atoms with E-state index in [1.807, 2.05) is 32.0 Å². The number of nitrogens with one attached hydrogen (secondary N) is 1. The van der Waals surface area contributed by atoms with Gasteiger partial charge in [0.05, 0.1) is 19.1 Å². The summed E-state index contributed by atoms with van der Waals surface area (Å²) in [5.41, 5.74) is 1.59. The number of aryl methyl sites for hydroxylation is 2. The molecular formula is C21H25NO5. The van der Waals surface area contributed by atoms with E-state index in [1.165, 1.54) is 7.11 Å². The van der Waals surface area contributed by atoms with Crippen molar-refractivity contribution < 1.29 is 24.2 Å². The number of carbonyl (C=O) groups excluding carboxylic acids is 1. The normalized spacial score (nSPS) is 12.7. The highest BCUT2D eigenvalue weighted by Gasteiger charge is 2.32. The fourth-order valence-corrected chi connectivity index (χ4v) is 2.94. The van der Waals surface area contributed by atoms with Gasteiger partial charge in [-0.15, -0.1) is 0 Å². The van der Waals surface area contributed by atoms with E-state index in [0.29, 0.717) is 17.1 Å². The summed E-state index contributed by atoms with van der Waals surface area (Å²) in [4.78, 5) is 23.8. The van der Waals surface area contributed by atoms with E-state index in [1.54, 1.807) is 31.2 Å². The van der Waals surface area contributed by atoms with Crippen LogP contribution in [0.15, 0.2) is 42.5 Å². The van der Waals surface area contributed by atoms with Gasteiger partial charge in [-0.1, -0.05) is 29.8 Å². The molecule has 2 N–H and O–H groups in total. The van der Waals surface area contributed by atoms with Gasteiger partial charge in [0, 0.05) is 0 Å². The number of carbonyl (C=O) groups is 2. The molecule has 0 spiro atoms. The van der Waals surface area contributed by atoms with Crippen LogP contribution >= 0.6 is 0 Å². The standard InChI is InChI=1S/C21H25NO5/c1-14-8-9-18(15(2)10-14)27-13-19(23)22-21(3,12-20(24)25)16-6-5-7-17(11-16)26-4/h5-11H,12-13H2,1-4H3,(H,22,23)(H,24,25). The topological polar surface area (TPSA) is 84.9 Å². The first-order chi connectivity index (χ1) is 12.7. The molecular weight excluding hydrogens is 346 g/mol. The summed E-state index contributed by atoms with van der Waals surface area (Å²) in [5, 5.41) is 12.1. The summed E-state index contributed by atoms with van der Waals surface area (Å²) < 4.78 is 10.8. The van der Waals surface area contributed by atoms with Crippen molar-refractivity contribution in [2.24, 2.45) is 0 Å². The summed E-state index contributed by atoms with van der Waals surface area (Å²) in [6, 6.07) is 12.7. The molecule has 0 aliphatic heterocycles. The molecule has 2 aromatic carbocycles. The van der Waals surface area contributed by atoms with Crippen molar-refractivity contribution >= 4 is 11.9 Å². The molecule has 0 bridgehead atoms. The third kappa shape index (κ3) is 5.48. The lowest BCUT2D eigenvalue weighted by Gasteiger charge is -2.30. The predicted octanol–water partition coefficient (Wildman–Crippen LogP) is 3.20. The van der Waals surface area contributed by atoms with Crippen molar-refractivity contribution in [3.63, 3.8) is 0 Å². The first-order valence-corrected chi connectivity index (χ1v) is 8.61. The van der Waals surface area contributed by atoms with Crippen LogP contribution in [0.1, 0.15) is 30.0 Å². The predicted molar refractivity (Wildman–Crippen MR) is 102 cm³/mol. The molecule has 1 atom stereocenters. The monoisotopic (exact) mass is 371 g/mol. The largest absolute Gasteiger partial charge is 0.497 e. The molecule has 6 heteroatoms. The van der Waals surface area contributed by atoms with Crippen molar-refractivity contribution in [3.8, 4) is 11.5 Å². The number of benzene rings is 2. The summed E-state index contributed by atoms with van der Waals surface area (Å²) >= 11 is 0. The first-order valence-electron chi connectivity index (χ1n) is 8.61. The minimum atomic E-state index is -1.09. The Morgan fingerprint density at radius 1 is 1.15 bits per heavy atom. The number of hydrogen-bond acceptors (Lipinski definition) is 4. The molecule has 2 aromatic rings. The minimum absolute atomic E-state index is 0.205. The first kappa shape index (κ1) is 20.3. The smallest absolute Gasteiger partial charge is 0.306 e. The number of carboxylic acid groups (broad SMARTS) is 1. The van der Waals surface area contributed by atoms with Gasteiger partial charge in [0.1, 0.15) is 11.5 Å². The van der Waals surface area contributed by atoms with E-state index in [2.05, 4.69) is 5.32 Å². The van der Waals surface area contributed by atoms with Gasteiger partial charge in [0.15, 0.2) is 6.61 Å². The second-order valence-electron chi connectivity index (χ2n) is 6.74. The second-order valence-corrected chi connectivity index (χ2v) is 6.74. The highest BCUT2D eigenvalue weighted by Crippen LogP contribution is 2.28. The van der Waals surface area contributed by atoms with E-state index in [4.69, 9.17) is 9.47 Å². The van der Waals surface area contributed by atoms with Crippen LogP contribution in [0.3, 0.4) is 0 Å². The van der Waals surface area contributed by atoms with Crippen LogP contribution in [0.2, 0.25) is 0 Å². The molecule has 0 aliphatic carbocycles. The van der Waals surface area contributed by atoms with Gasteiger partial charge in [0.2, 0.25) is 0 Å². The molecule has 0 aliphatic rings. The van der Waals surface area contributed by atoms with Crippen LogP contribution in [-0.4, -0.2) is 30.7 Å². The fourth-order valence-electron chi connectivity index (χ4n) is 2.94. The van der Waals surface area contributed by atoms with Crippen molar-refractivity contribution in [2.45, 2.75) is 32.7 Å². The number of amides is 1. The molecule has 144 valence electrons. The lowest BCUT2D eigenvalue weighted by molar-refractivity contribution is -0.139. The van der Waals surface area contributed by atoms with Crippen LogP contribution in [0.4, 0.5) is 0 Å². The Hall–Kier alpha value is -3.02. The maximum absolute atomic E-state index is 12.5. The summed E-state index contributed by atoms with van der Waals surface area (Å²) in [6.45, 7) is 5.36. The molecule has 0 saturated carbocycles. The van der Waals surface area contributed by atoms with Gasteiger partial charge >= 0.3 is 5.97 Å². The zero-order valence-electron chi connectivity index (χ0n) is 16.0. The Kier molecular flexibility index (Phi) is 6.45. The molecule has 1 amide bonds. The van der Waals surface area contributed by atoms with Crippen LogP contribution in [0.25, 0.3) is 0 Å². The van der Waals surface area contributed by atoms with E-state index < -0.39 is 17.4 Å². The minimum Gasteiger partial charge on any atom is -0.497 e. The van der Waals surface area contributed by atoms with Gasteiger partial charge in [-0.2, -0.15) is 0 Å². The Morgan fingerprint density at radius 3 is 2.52 bits per heavy atom. The van der Waals surface area contributed by atoms with Crippen LogP contribution < -0.4 is 14.8 Å². The Bertz CT molecular complexity index is 833. The highest BCUT2D eigenvalue weighted by molar-refractivity contribution is 5.80. The maximum atomic E-state index is 12.5. The molecule has 0 aromatic heterocycles. The van der Waals surface area contributed by atoms with Crippen LogP contribution in [0, 0.1) is 13.8 Å².